The number of aryl methyl sites for hydroxylation is 1. The maximum absolute atomic E-state index is 13.2. The Morgan fingerprint density at radius 2 is 1.55 bits per heavy atom. The summed E-state index contributed by atoms with van der Waals surface area (Å²) in [5.41, 5.74) is 2.00. The molecule has 38 heavy (non-hydrogen) atoms. The molecule has 210 valence electrons. The third kappa shape index (κ3) is 6.99. The molecule has 0 radical (unpaired) electrons. The lowest BCUT2D eigenvalue weighted by Gasteiger charge is -2.36. The van der Waals surface area contributed by atoms with E-state index >= 15 is 0 Å². The van der Waals surface area contributed by atoms with E-state index in [0.717, 1.165) is 22.9 Å². The number of fused-ring (bicyclic) bond motifs is 1. The van der Waals surface area contributed by atoms with Crippen molar-refractivity contribution in [3.8, 4) is 0 Å². The molecule has 1 saturated heterocycles. The number of ether oxygens (including phenoxy) is 1. The Balaban J connectivity index is 1.81. The van der Waals surface area contributed by atoms with Gasteiger partial charge in [-0.25, -0.2) is 0 Å². The van der Waals surface area contributed by atoms with Crippen LogP contribution in [0.3, 0.4) is 0 Å². The molecule has 1 fully saturated rings. The van der Waals surface area contributed by atoms with E-state index in [1.807, 2.05) is 51.2 Å². The second kappa shape index (κ2) is 13.1. The molecule has 0 spiro atoms. The van der Waals surface area contributed by atoms with E-state index in [-0.39, 0.29) is 17.6 Å². The van der Waals surface area contributed by atoms with Crippen LogP contribution < -0.4 is 0 Å². The Labute approximate surface area is 226 Å². The van der Waals surface area contributed by atoms with Crippen molar-refractivity contribution in [2.24, 2.45) is 35.5 Å². The minimum atomic E-state index is -1.10. The number of ketones is 1. The van der Waals surface area contributed by atoms with Crippen LogP contribution in [0.25, 0.3) is 10.9 Å². The number of nitrogens with zero attached hydrogens (tertiary/aromatic N) is 1. The van der Waals surface area contributed by atoms with Crippen LogP contribution in [-0.4, -0.2) is 56.5 Å². The van der Waals surface area contributed by atoms with E-state index in [0.29, 0.717) is 19.3 Å². The first-order valence-corrected chi connectivity index (χ1v) is 14.0. The van der Waals surface area contributed by atoms with Crippen LogP contribution >= 0.6 is 0 Å². The summed E-state index contributed by atoms with van der Waals surface area (Å²) < 4.78 is 5.92. The number of carbonyl (C=O) groups excluding carboxylic acids is 2. The standard InChI is InChI=1S/C31H45NO6/c1-17-14-18(2)28(34)21(5)30(36)22(6)31(37)38-26(19(3)29(35)20(4)27(17)33)13-9-10-23-15-24-11-7-8-12-25(24)32-16-23/h7-8,11-12,15-22,26,28-30,34-36H,9-10,13-14H2,1-6H3/t17-,18+,19+,20+,21-,22-,26-,28+,29+,30+/m1/s1. The molecule has 0 amide bonds. The van der Waals surface area contributed by atoms with Gasteiger partial charge in [-0.3, -0.25) is 14.6 Å². The highest BCUT2D eigenvalue weighted by Crippen LogP contribution is 2.31. The summed E-state index contributed by atoms with van der Waals surface area (Å²) in [6.07, 6.45) is 0.586. The van der Waals surface area contributed by atoms with Crippen LogP contribution in [0.4, 0.5) is 0 Å². The number of esters is 1. The monoisotopic (exact) mass is 527 g/mol. The van der Waals surface area contributed by atoms with Gasteiger partial charge in [-0.05, 0) is 56.2 Å². The van der Waals surface area contributed by atoms with Crippen LogP contribution in [0.2, 0.25) is 0 Å². The van der Waals surface area contributed by atoms with E-state index in [1.54, 1.807) is 20.8 Å². The highest BCUT2D eigenvalue weighted by atomic mass is 16.5. The first-order valence-electron chi connectivity index (χ1n) is 14.0. The number of Topliss-reactive ketones (excluding diaryl/α,β-unsaturated/α-hetero) is 1. The molecular formula is C31H45NO6. The van der Waals surface area contributed by atoms with Gasteiger partial charge >= 0.3 is 5.97 Å². The third-order valence-corrected chi connectivity index (χ3v) is 8.71. The molecule has 2 heterocycles. The molecule has 1 aromatic carbocycles. The predicted octanol–water partition coefficient (Wildman–Crippen LogP) is 4.34. The smallest absolute Gasteiger partial charge is 0.311 e. The molecule has 3 N–H and O–H groups in total. The molecule has 1 aliphatic heterocycles. The van der Waals surface area contributed by atoms with Gasteiger partial charge in [0.05, 0.1) is 29.7 Å². The molecule has 0 saturated carbocycles. The van der Waals surface area contributed by atoms with E-state index in [4.69, 9.17) is 4.74 Å². The van der Waals surface area contributed by atoms with Crippen molar-refractivity contribution >= 4 is 22.7 Å². The van der Waals surface area contributed by atoms with Crippen molar-refractivity contribution in [3.63, 3.8) is 0 Å². The summed E-state index contributed by atoms with van der Waals surface area (Å²) in [7, 11) is 0. The van der Waals surface area contributed by atoms with Crippen LogP contribution in [0.5, 0.6) is 0 Å². The number of hydrogen-bond acceptors (Lipinski definition) is 7. The average Bonchev–Trinajstić information content (AvgIpc) is 2.92. The summed E-state index contributed by atoms with van der Waals surface area (Å²) in [6.45, 7) is 10.5. The van der Waals surface area contributed by atoms with Gasteiger partial charge in [0.1, 0.15) is 11.9 Å². The number of rotatable bonds is 4. The maximum atomic E-state index is 13.2. The number of benzene rings is 1. The molecule has 2 aromatic rings. The van der Waals surface area contributed by atoms with Crippen molar-refractivity contribution in [2.75, 3.05) is 0 Å². The number of aromatic nitrogens is 1. The Kier molecular flexibility index (Phi) is 10.4. The van der Waals surface area contributed by atoms with Crippen molar-refractivity contribution < 1.29 is 29.6 Å². The Morgan fingerprint density at radius 3 is 2.26 bits per heavy atom. The van der Waals surface area contributed by atoms with Crippen molar-refractivity contribution in [1.82, 2.24) is 4.98 Å². The van der Waals surface area contributed by atoms with E-state index in [2.05, 4.69) is 11.1 Å². The van der Waals surface area contributed by atoms with Gasteiger partial charge in [0.2, 0.25) is 0 Å². The largest absolute Gasteiger partial charge is 0.462 e. The van der Waals surface area contributed by atoms with Gasteiger partial charge in [0.15, 0.2) is 0 Å². The van der Waals surface area contributed by atoms with Gasteiger partial charge < -0.3 is 20.1 Å². The number of pyridine rings is 1. The van der Waals surface area contributed by atoms with Crippen molar-refractivity contribution in [2.45, 2.75) is 91.6 Å². The predicted molar refractivity (Wildman–Crippen MR) is 147 cm³/mol. The number of aliphatic hydroxyl groups is 3. The van der Waals surface area contributed by atoms with Crippen LogP contribution in [0.15, 0.2) is 36.5 Å². The SMILES string of the molecule is C[C@@H]1[C@@H](O)[C@@H](C)C[C@@H](C)C(=O)[C@H](C)[C@@H](O)[C@@H](C)[C@@H](CCCc2cnc3ccccc3c2)OC(=O)[C@H](C)[C@H]1O. The van der Waals surface area contributed by atoms with E-state index in [9.17, 15) is 24.9 Å². The highest BCUT2D eigenvalue weighted by molar-refractivity contribution is 5.83. The fourth-order valence-electron chi connectivity index (χ4n) is 5.87. The summed E-state index contributed by atoms with van der Waals surface area (Å²) in [5, 5.41) is 34.0. The molecule has 0 bridgehead atoms. The number of hydrogen-bond donors (Lipinski definition) is 3. The zero-order chi connectivity index (χ0) is 28.1. The molecular weight excluding hydrogens is 482 g/mol. The van der Waals surface area contributed by atoms with Gasteiger partial charge in [-0.2, -0.15) is 0 Å². The van der Waals surface area contributed by atoms with Crippen molar-refractivity contribution in [3.05, 3.63) is 42.1 Å². The van der Waals surface area contributed by atoms with Gasteiger partial charge in [0.25, 0.3) is 0 Å². The Morgan fingerprint density at radius 1 is 0.895 bits per heavy atom. The fraction of sp³-hybridized carbons (Fsp3) is 0.645. The summed E-state index contributed by atoms with van der Waals surface area (Å²) in [6, 6.07) is 10.0. The third-order valence-electron chi connectivity index (χ3n) is 8.71. The van der Waals surface area contributed by atoms with Crippen LogP contribution in [0.1, 0.15) is 66.4 Å². The highest BCUT2D eigenvalue weighted by Gasteiger charge is 2.40. The summed E-state index contributed by atoms with van der Waals surface area (Å²) in [4.78, 5) is 30.9. The molecule has 0 unspecified atom stereocenters. The lowest BCUT2D eigenvalue weighted by atomic mass is 9.77. The molecule has 1 aromatic heterocycles. The van der Waals surface area contributed by atoms with Gasteiger partial charge in [0, 0.05) is 35.3 Å². The second-order valence-corrected chi connectivity index (χ2v) is 11.7. The van der Waals surface area contributed by atoms with Gasteiger partial charge in [-0.1, -0.05) is 52.8 Å². The molecule has 0 aliphatic carbocycles. The first-order chi connectivity index (χ1) is 17.9. The number of aliphatic hydroxyl groups excluding tert-OH is 3. The lowest BCUT2D eigenvalue weighted by Crippen LogP contribution is -2.45. The first kappa shape index (κ1) is 30.2. The van der Waals surface area contributed by atoms with Crippen LogP contribution in [0, 0.1) is 35.5 Å². The zero-order valence-corrected chi connectivity index (χ0v) is 23.6. The number of cyclic esters (lactones) is 1. The quantitative estimate of drug-likeness (QED) is 0.506. The zero-order valence-electron chi connectivity index (χ0n) is 23.6. The number of carbonyl (C=O) groups is 2. The maximum Gasteiger partial charge on any atom is 0.311 e. The van der Waals surface area contributed by atoms with E-state index < -0.39 is 54.1 Å². The molecule has 7 heteroatoms. The van der Waals surface area contributed by atoms with Gasteiger partial charge in [-0.15, -0.1) is 0 Å². The number of para-hydroxylation sites is 1. The minimum absolute atomic E-state index is 0.0747. The normalized spacial score (nSPS) is 36.0. The topological polar surface area (TPSA) is 117 Å². The molecule has 7 nitrogen and oxygen atoms in total. The fourth-order valence-corrected chi connectivity index (χ4v) is 5.87. The van der Waals surface area contributed by atoms with Crippen molar-refractivity contribution in [1.29, 1.82) is 0 Å². The summed E-state index contributed by atoms with van der Waals surface area (Å²) >= 11 is 0. The molecule has 3 rings (SSSR count). The Bertz CT molecular complexity index is 1090. The lowest BCUT2D eigenvalue weighted by molar-refractivity contribution is -0.166. The van der Waals surface area contributed by atoms with Crippen LogP contribution in [-0.2, 0) is 20.7 Å². The molecule has 10 atom stereocenters. The average molecular weight is 528 g/mol. The molecule has 1 aliphatic rings. The van der Waals surface area contributed by atoms with E-state index in [1.165, 1.54) is 0 Å². The second-order valence-electron chi connectivity index (χ2n) is 11.7. The Hall–Kier alpha value is -2.35. The minimum Gasteiger partial charge on any atom is -0.462 e. The summed E-state index contributed by atoms with van der Waals surface area (Å²) in [5.74, 6) is -3.79.